The third-order valence-corrected chi connectivity index (χ3v) is 3.42. The highest BCUT2D eigenvalue weighted by Crippen LogP contribution is 2.51. The summed E-state index contributed by atoms with van der Waals surface area (Å²) >= 11 is 6.32. The molecule has 2 nitrogen and oxygen atoms in total. The van der Waals surface area contributed by atoms with E-state index in [1.165, 1.54) is 5.69 Å². The van der Waals surface area contributed by atoms with Crippen molar-refractivity contribution in [2.75, 3.05) is 0 Å². The quantitative estimate of drug-likeness (QED) is 0.656. The second-order valence-electron chi connectivity index (χ2n) is 3.99. The minimum Gasteiger partial charge on any atom is -0.304 e. The summed E-state index contributed by atoms with van der Waals surface area (Å²) in [6, 6.07) is 6.11. The van der Waals surface area contributed by atoms with Gasteiger partial charge in [-0.2, -0.15) is 0 Å². The van der Waals surface area contributed by atoms with Crippen molar-refractivity contribution in [2.45, 2.75) is 24.6 Å². The van der Waals surface area contributed by atoms with E-state index in [0.29, 0.717) is 0 Å². The van der Waals surface area contributed by atoms with Crippen LogP contribution in [0.2, 0.25) is 0 Å². The fourth-order valence-corrected chi connectivity index (χ4v) is 1.92. The molecule has 0 aliphatic heterocycles. The van der Waals surface area contributed by atoms with E-state index in [1.54, 1.807) is 0 Å². The van der Waals surface area contributed by atoms with Crippen LogP contribution in [0, 0.1) is 6.92 Å². The Balaban J connectivity index is 2.25. The van der Waals surface area contributed by atoms with Gasteiger partial charge in [0, 0.05) is 11.9 Å². The van der Waals surface area contributed by atoms with E-state index in [-0.39, 0.29) is 4.87 Å². The summed E-state index contributed by atoms with van der Waals surface area (Å²) in [5.41, 5.74) is 3.21. The Hall–Kier alpha value is -1.02. The minimum absolute atomic E-state index is 0.154. The fraction of sp³-hybridized carbons (Fsp3) is 0.364. The predicted octanol–water partition coefficient (Wildman–Crippen LogP) is 2.87. The third-order valence-electron chi connectivity index (χ3n) is 2.84. The van der Waals surface area contributed by atoms with Crippen LogP contribution in [0.3, 0.4) is 0 Å². The Morgan fingerprint density at radius 1 is 1.43 bits per heavy atom. The monoisotopic (exact) mass is 206 g/mol. The van der Waals surface area contributed by atoms with Crippen LogP contribution in [0.15, 0.2) is 24.4 Å². The SMILES string of the molecule is Cc1cccc2nc(C3(Cl)CC3)cn12. The predicted molar refractivity (Wildman–Crippen MR) is 56.7 cm³/mol. The van der Waals surface area contributed by atoms with Gasteiger partial charge in [0.2, 0.25) is 0 Å². The first-order valence-corrected chi connectivity index (χ1v) is 5.21. The minimum atomic E-state index is -0.154. The standard InChI is InChI=1S/C11H11ClN2/c1-8-3-2-4-10-13-9(7-14(8)10)11(12)5-6-11/h2-4,7H,5-6H2,1H3. The van der Waals surface area contributed by atoms with E-state index < -0.39 is 0 Å². The Morgan fingerprint density at radius 2 is 2.21 bits per heavy atom. The lowest BCUT2D eigenvalue weighted by molar-refractivity contribution is 0.957. The van der Waals surface area contributed by atoms with Crippen molar-refractivity contribution in [1.29, 1.82) is 0 Å². The normalized spacial score (nSPS) is 18.7. The van der Waals surface area contributed by atoms with Gasteiger partial charge in [-0.15, -0.1) is 11.6 Å². The molecule has 14 heavy (non-hydrogen) atoms. The topological polar surface area (TPSA) is 17.3 Å². The van der Waals surface area contributed by atoms with Crippen molar-refractivity contribution < 1.29 is 0 Å². The first-order valence-electron chi connectivity index (χ1n) is 4.83. The zero-order chi connectivity index (χ0) is 9.76. The second kappa shape index (κ2) is 2.51. The highest BCUT2D eigenvalue weighted by molar-refractivity contribution is 6.25. The summed E-state index contributed by atoms with van der Waals surface area (Å²) in [6.07, 6.45) is 4.17. The van der Waals surface area contributed by atoms with Crippen molar-refractivity contribution in [1.82, 2.24) is 9.38 Å². The van der Waals surface area contributed by atoms with Crippen LogP contribution in [-0.4, -0.2) is 9.38 Å². The number of hydrogen-bond acceptors (Lipinski definition) is 1. The number of imidazole rings is 1. The molecule has 0 radical (unpaired) electrons. The zero-order valence-electron chi connectivity index (χ0n) is 8.00. The van der Waals surface area contributed by atoms with E-state index in [1.807, 2.05) is 12.1 Å². The highest BCUT2D eigenvalue weighted by Gasteiger charge is 2.44. The molecule has 0 atom stereocenters. The van der Waals surface area contributed by atoms with Gasteiger partial charge < -0.3 is 4.40 Å². The van der Waals surface area contributed by atoms with Crippen LogP contribution < -0.4 is 0 Å². The molecule has 0 amide bonds. The molecule has 0 bridgehead atoms. The zero-order valence-corrected chi connectivity index (χ0v) is 8.75. The molecular formula is C11H11ClN2. The second-order valence-corrected chi connectivity index (χ2v) is 4.71. The number of rotatable bonds is 1. The van der Waals surface area contributed by atoms with Gasteiger partial charge in [0.05, 0.1) is 10.6 Å². The summed E-state index contributed by atoms with van der Waals surface area (Å²) < 4.78 is 2.10. The molecule has 72 valence electrons. The maximum Gasteiger partial charge on any atom is 0.137 e. The third kappa shape index (κ3) is 1.07. The Morgan fingerprint density at radius 3 is 2.86 bits per heavy atom. The Kier molecular flexibility index (Phi) is 1.49. The van der Waals surface area contributed by atoms with Gasteiger partial charge in [-0.1, -0.05) is 6.07 Å². The number of halogens is 1. The molecule has 1 aliphatic rings. The lowest BCUT2D eigenvalue weighted by atomic mass is 10.3. The number of alkyl halides is 1. The number of nitrogens with zero attached hydrogens (tertiary/aromatic N) is 2. The van der Waals surface area contributed by atoms with Crippen LogP contribution in [0.4, 0.5) is 0 Å². The van der Waals surface area contributed by atoms with Crippen LogP contribution in [-0.2, 0) is 4.87 Å². The number of aromatic nitrogens is 2. The Bertz CT molecular complexity index is 497. The van der Waals surface area contributed by atoms with Crippen LogP contribution >= 0.6 is 11.6 Å². The molecule has 0 spiro atoms. The molecule has 2 aromatic heterocycles. The van der Waals surface area contributed by atoms with E-state index in [2.05, 4.69) is 28.6 Å². The molecule has 2 heterocycles. The van der Waals surface area contributed by atoms with Crippen molar-refractivity contribution in [3.63, 3.8) is 0 Å². The fourth-order valence-electron chi connectivity index (χ4n) is 1.73. The van der Waals surface area contributed by atoms with E-state index in [4.69, 9.17) is 11.6 Å². The van der Waals surface area contributed by atoms with Gasteiger partial charge in [-0.3, -0.25) is 0 Å². The van der Waals surface area contributed by atoms with Crippen LogP contribution in [0.1, 0.15) is 24.2 Å². The van der Waals surface area contributed by atoms with Gasteiger partial charge in [-0.05, 0) is 31.9 Å². The van der Waals surface area contributed by atoms with Crippen molar-refractivity contribution >= 4 is 17.2 Å². The molecule has 1 fully saturated rings. The van der Waals surface area contributed by atoms with Crippen molar-refractivity contribution in [3.05, 3.63) is 35.8 Å². The largest absolute Gasteiger partial charge is 0.304 e. The maximum atomic E-state index is 6.32. The number of hydrogen-bond donors (Lipinski definition) is 0. The molecule has 0 aromatic carbocycles. The van der Waals surface area contributed by atoms with Gasteiger partial charge >= 0.3 is 0 Å². The van der Waals surface area contributed by atoms with E-state index in [9.17, 15) is 0 Å². The first-order chi connectivity index (χ1) is 6.69. The van der Waals surface area contributed by atoms with Crippen LogP contribution in [0.25, 0.3) is 5.65 Å². The van der Waals surface area contributed by atoms with Crippen molar-refractivity contribution in [3.8, 4) is 0 Å². The van der Waals surface area contributed by atoms with Gasteiger partial charge in [0.15, 0.2) is 0 Å². The average Bonchev–Trinajstić information content (AvgIpc) is 2.77. The Labute approximate surface area is 87.5 Å². The summed E-state index contributed by atoms with van der Waals surface area (Å²) in [5.74, 6) is 0. The summed E-state index contributed by atoms with van der Waals surface area (Å²) in [4.78, 5) is 4.38. The lowest BCUT2D eigenvalue weighted by Gasteiger charge is -1.97. The van der Waals surface area contributed by atoms with E-state index in [0.717, 1.165) is 24.2 Å². The molecule has 2 aromatic rings. The van der Waals surface area contributed by atoms with Gasteiger partial charge in [-0.25, -0.2) is 4.98 Å². The van der Waals surface area contributed by atoms with Gasteiger partial charge in [0.25, 0.3) is 0 Å². The number of fused-ring (bicyclic) bond motifs is 1. The van der Waals surface area contributed by atoms with Crippen LogP contribution in [0.5, 0.6) is 0 Å². The lowest BCUT2D eigenvalue weighted by Crippen LogP contribution is -1.94. The molecular weight excluding hydrogens is 196 g/mol. The summed E-state index contributed by atoms with van der Waals surface area (Å²) in [6.45, 7) is 2.08. The highest BCUT2D eigenvalue weighted by atomic mass is 35.5. The molecule has 3 rings (SSSR count). The summed E-state index contributed by atoms with van der Waals surface area (Å²) in [5, 5.41) is 0. The molecule has 1 saturated carbocycles. The first kappa shape index (κ1) is 8.30. The smallest absolute Gasteiger partial charge is 0.137 e. The summed E-state index contributed by atoms with van der Waals surface area (Å²) in [7, 11) is 0. The molecule has 0 unspecified atom stereocenters. The molecule has 1 aliphatic carbocycles. The average molecular weight is 207 g/mol. The van der Waals surface area contributed by atoms with Crippen molar-refractivity contribution in [2.24, 2.45) is 0 Å². The molecule has 0 N–H and O–H groups in total. The maximum absolute atomic E-state index is 6.32. The van der Waals surface area contributed by atoms with E-state index >= 15 is 0 Å². The number of aryl methyl sites for hydroxylation is 1. The molecule has 0 saturated heterocycles. The van der Waals surface area contributed by atoms with Gasteiger partial charge in [0.1, 0.15) is 5.65 Å². The molecule has 3 heteroatoms. The number of pyridine rings is 1.